The molecule has 0 bridgehead atoms. The average molecular weight is 437 g/mol. The van der Waals surface area contributed by atoms with Crippen molar-refractivity contribution in [3.8, 4) is 0 Å². The Bertz CT molecular complexity index is 897. The number of halogens is 3. The Morgan fingerprint density at radius 2 is 1.90 bits per heavy atom. The Balaban J connectivity index is 1.81. The summed E-state index contributed by atoms with van der Waals surface area (Å²) in [5.41, 5.74) is -0.195. The lowest BCUT2D eigenvalue weighted by Gasteiger charge is -2.38. The van der Waals surface area contributed by atoms with E-state index in [0.29, 0.717) is 25.6 Å². The zero-order chi connectivity index (χ0) is 22.5. The molecule has 0 atom stereocenters. The van der Waals surface area contributed by atoms with E-state index in [0.717, 1.165) is 55.4 Å². The molecule has 0 amide bonds. The predicted octanol–water partition coefficient (Wildman–Crippen LogP) is 4.10. The van der Waals surface area contributed by atoms with Crippen LogP contribution < -0.4 is 10.6 Å². The molecule has 1 aromatic heterocycles. The van der Waals surface area contributed by atoms with Gasteiger partial charge in [-0.1, -0.05) is 37.5 Å². The van der Waals surface area contributed by atoms with Gasteiger partial charge in [-0.05, 0) is 38.3 Å². The van der Waals surface area contributed by atoms with Crippen molar-refractivity contribution in [3.05, 3.63) is 47.0 Å². The van der Waals surface area contributed by atoms with Crippen molar-refractivity contribution in [1.82, 2.24) is 25.4 Å². The first kappa shape index (κ1) is 23.1. The van der Waals surface area contributed by atoms with Crippen LogP contribution in [0.1, 0.15) is 61.8 Å². The molecule has 0 spiro atoms. The van der Waals surface area contributed by atoms with E-state index in [1.54, 1.807) is 0 Å². The minimum atomic E-state index is -4.34. The Hall–Kier alpha value is -2.58. The van der Waals surface area contributed by atoms with Gasteiger partial charge in [-0.3, -0.25) is 0 Å². The molecule has 9 heteroatoms. The average Bonchev–Trinajstić information content (AvgIpc) is 3.08. The Morgan fingerprint density at radius 1 is 1.16 bits per heavy atom. The molecule has 2 aromatic rings. The Labute approximate surface area is 181 Å². The van der Waals surface area contributed by atoms with E-state index in [-0.39, 0.29) is 5.41 Å². The van der Waals surface area contributed by atoms with E-state index in [4.69, 9.17) is 0 Å². The second kappa shape index (κ2) is 9.70. The fourth-order valence-electron chi connectivity index (χ4n) is 4.15. The molecule has 6 nitrogen and oxygen atoms in total. The highest BCUT2D eigenvalue weighted by Crippen LogP contribution is 2.41. The molecule has 0 aliphatic heterocycles. The molecule has 0 radical (unpaired) electrons. The molecule has 1 aromatic carbocycles. The normalized spacial score (nSPS) is 16.9. The van der Waals surface area contributed by atoms with Crippen LogP contribution in [0.15, 0.2) is 29.3 Å². The van der Waals surface area contributed by atoms with E-state index in [9.17, 15) is 13.2 Å². The third-order valence-electron chi connectivity index (χ3n) is 6.11. The lowest BCUT2D eigenvalue weighted by atomic mass is 9.69. The van der Waals surface area contributed by atoms with Crippen molar-refractivity contribution in [2.24, 2.45) is 12.0 Å². The monoisotopic (exact) mass is 436 g/mol. The lowest BCUT2D eigenvalue weighted by Crippen LogP contribution is -2.46. The summed E-state index contributed by atoms with van der Waals surface area (Å²) in [7, 11) is 1.89. The van der Waals surface area contributed by atoms with Crippen LogP contribution >= 0.6 is 0 Å². The van der Waals surface area contributed by atoms with Crippen LogP contribution in [0.4, 0.5) is 13.2 Å². The van der Waals surface area contributed by atoms with E-state index in [2.05, 4.69) is 25.8 Å². The summed E-state index contributed by atoms with van der Waals surface area (Å²) in [5, 5.41) is 14.8. The van der Waals surface area contributed by atoms with Crippen LogP contribution in [0, 0.1) is 6.92 Å². The number of nitrogens with one attached hydrogen (secondary N) is 2. The van der Waals surface area contributed by atoms with Gasteiger partial charge in [-0.2, -0.15) is 13.2 Å². The van der Waals surface area contributed by atoms with Gasteiger partial charge < -0.3 is 15.2 Å². The van der Waals surface area contributed by atoms with Crippen LogP contribution in [-0.2, 0) is 25.2 Å². The fourth-order valence-corrected chi connectivity index (χ4v) is 4.15. The molecule has 1 fully saturated rings. The number of hydrogen-bond donors (Lipinski definition) is 2. The molecule has 0 saturated heterocycles. The van der Waals surface area contributed by atoms with E-state index in [1.807, 2.05) is 31.5 Å². The van der Waals surface area contributed by atoms with E-state index >= 15 is 0 Å². The standard InChI is InChI=1S/C22H31F3N6/c1-4-26-20(27-14-19-30-29-16(2)31(19)3)28-15-21(11-6-5-7-12-21)17-9-8-10-18(13-17)22(23,24)25/h8-10,13H,4-7,11-12,14-15H2,1-3H3,(H2,26,27,28). The molecule has 2 N–H and O–H groups in total. The molecule has 1 heterocycles. The molecule has 1 saturated carbocycles. The van der Waals surface area contributed by atoms with Crippen molar-refractivity contribution in [2.45, 2.75) is 64.1 Å². The van der Waals surface area contributed by atoms with Crippen LogP contribution in [0.3, 0.4) is 0 Å². The van der Waals surface area contributed by atoms with E-state index < -0.39 is 11.7 Å². The number of rotatable bonds is 6. The Morgan fingerprint density at radius 3 is 2.52 bits per heavy atom. The SMILES string of the molecule is CCNC(=NCc1nnc(C)n1C)NCC1(c2cccc(C(F)(F)F)c2)CCCCC1. The number of hydrogen-bond acceptors (Lipinski definition) is 3. The van der Waals surface area contributed by atoms with E-state index in [1.165, 1.54) is 12.1 Å². The second-order valence-corrected chi connectivity index (χ2v) is 8.19. The maximum atomic E-state index is 13.3. The van der Waals surface area contributed by atoms with Gasteiger partial charge in [0.25, 0.3) is 0 Å². The quantitative estimate of drug-likeness (QED) is 0.529. The summed E-state index contributed by atoms with van der Waals surface area (Å²) >= 11 is 0. The summed E-state index contributed by atoms with van der Waals surface area (Å²) < 4.78 is 41.8. The zero-order valence-electron chi connectivity index (χ0n) is 18.4. The van der Waals surface area contributed by atoms with Crippen molar-refractivity contribution in [1.29, 1.82) is 0 Å². The summed E-state index contributed by atoms with van der Waals surface area (Å²) in [6.45, 7) is 5.43. The fraction of sp³-hybridized carbons (Fsp3) is 0.591. The molecular formula is C22H31F3N6. The number of benzene rings is 1. The first-order valence-electron chi connectivity index (χ1n) is 10.8. The minimum absolute atomic E-state index is 0.350. The summed E-state index contributed by atoms with van der Waals surface area (Å²) in [4.78, 5) is 4.61. The van der Waals surface area contributed by atoms with Gasteiger partial charge in [-0.15, -0.1) is 10.2 Å². The molecule has 3 rings (SSSR count). The number of aryl methyl sites for hydroxylation is 1. The zero-order valence-corrected chi connectivity index (χ0v) is 18.4. The summed E-state index contributed by atoms with van der Waals surface area (Å²) in [5.74, 6) is 2.19. The molecule has 1 aliphatic carbocycles. The van der Waals surface area contributed by atoms with Gasteiger partial charge in [0.2, 0.25) is 0 Å². The minimum Gasteiger partial charge on any atom is -0.357 e. The summed E-state index contributed by atoms with van der Waals surface area (Å²) in [6, 6.07) is 5.81. The van der Waals surface area contributed by atoms with Gasteiger partial charge in [-0.25, -0.2) is 4.99 Å². The molecule has 170 valence electrons. The number of nitrogens with zero attached hydrogens (tertiary/aromatic N) is 4. The van der Waals surface area contributed by atoms with Crippen molar-refractivity contribution in [2.75, 3.05) is 13.1 Å². The molecular weight excluding hydrogens is 405 g/mol. The van der Waals surface area contributed by atoms with Gasteiger partial charge in [0.15, 0.2) is 11.8 Å². The van der Waals surface area contributed by atoms with Crippen LogP contribution in [0.25, 0.3) is 0 Å². The number of aliphatic imine (C=N–C) groups is 1. The number of guanidine groups is 1. The third kappa shape index (κ3) is 5.57. The third-order valence-corrected chi connectivity index (χ3v) is 6.11. The smallest absolute Gasteiger partial charge is 0.357 e. The van der Waals surface area contributed by atoms with Gasteiger partial charge in [0.1, 0.15) is 12.4 Å². The van der Waals surface area contributed by atoms with Gasteiger partial charge in [0.05, 0.1) is 5.56 Å². The maximum absolute atomic E-state index is 13.3. The predicted molar refractivity (Wildman–Crippen MR) is 115 cm³/mol. The molecule has 1 aliphatic rings. The largest absolute Gasteiger partial charge is 0.416 e. The highest BCUT2D eigenvalue weighted by molar-refractivity contribution is 5.79. The molecule has 31 heavy (non-hydrogen) atoms. The van der Waals surface area contributed by atoms with Gasteiger partial charge in [0, 0.05) is 25.6 Å². The number of aromatic nitrogens is 3. The Kier molecular flexibility index (Phi) is 7.23. The van der Waals surface area contributed by atoms with Gasteiger partial charge >= 0.3 is 6.18 Å². The maximum Gasteiger partial charge on any atom is 0.416 e. The topological polar surface area (TPSA) is 67.1 Å². The van der Waals surface area contributed by atoms with Crippen molar-refractivity contribution >= 4 is 5.96 Å². The highest BCUT2D eigenvalue weighted by Gasteiger charge is 2.37. The summed E-state index contributed by atoms with van der Waals surface area (Å²) in [6.07, 6.45) is 0.477. The van der Waals surface area contributed by atoms with Crippen LogP contribution in [0.5, 0.6) is 0 Å². The number of alkyl halides is 3. The second-order valence-electron chi connectivity index (χ2n) is 8.19. The highest BCUT2D eigenvalue weighted by atomic mass is 19.4. The first-order chi connectivity index (χ1) is 14.7. The van der Waals surface area contributed by atoms with Crippen molar-refractivity contribution in [3.63, 3.8) is 0 Å². The van der Waals surface area contributed by atoms with Crippen LogP contribution in [-0.4, -0.2) is 33.8 Å². The van der Waals surface area contributed by atoms with Crippen molar-refractivity contribution < 1.29 is 13.2 Å². The lowest BCUT2D eigenvalue weighted by molar-refractivity contribution is -0.137. The first-order valence-corrected chi connectivity index (χ1v) is 10.8. The van der Waals surface area contributed by atoms with Crippen LogP contribution in [0.2, 0.25) is 0 Å². The molecule has 0 unspecified atom stereocenters.